The fourth-order valence-electron chi connectivity index (χ4n) is 2.05. The summed E-state index contributed by atoms with van der Waals surface area (Å²) in [5.41, 5.74) is 3.09. The van der Waals surface area contributed by atoms with Crippen molar-refractivity contribution in [3.8, 4) is 22.9 Å². The van der Waals surface area contributed by atoms with E-state index in [1.54, 1.807) is 12.4 Å². The quantitative estimate of drug-likeness (QED) is 0.690. The first-order valence-electron chi connectivity index (χ1n) is 7.51. The molecule has 0 aliphatic rings. The zero-order valence-electron chi connectivity index (χ0n) is 13.2. The number of aliphatic hydroxyl groups excluding tert-OH is 1. The Bertz CT molecular complexity index is 792. The molecule has 3 rings (SSSR count). The minimum absolute atomic E-state index is 0.103. The lowest BCUT2D eigenvalue weighted by Gasteiger charge is -2.07. The van der Waals surface area contributed by atoms with E-state index in [1.807, 2.05) is 49.5 Å². The Morgan fingerprint density at radius 2 is 1.88 bits per heavy atom. The van der Waals surface area contributed by atoms with Gasteiger partial charge in [0.15, 0.2) is 0 Å². The van der Waals surface area contributed by atoms with Gasteiger partial charge in [0, 0.05) is 17.5 Å². The highest BCUT2D eigenvalue weighted by Crippen LogP contribution is 2.25. The van der Waals surface area contributed by atoms with Crippen molar-refractivity contribution < 1.29 is 9.84 Å². The van der Waals surface area contributed by atoms with Crippen LogP contribution in [-0.4, -0.2) is 32.4 Å². The maximum absolute atomic E-state index is 8.86. The Balaban J connectivity index is 1.71. The zero-order chi connectivity index (χ0) is 16.8. The van der Waals surface area contributed by atoms with Crippen molar-refractivity contribution in [2.24, 2.45) is 0 Å². The van der Waals surface area contributed by atoms with Crippen LogP contribution >= 0.6 is 11.8 Å². The molecule has 1 N–H and O–H groups in total. The van der Waals surface area contributed by atoms with Crippen molar-refractivity contribution in [2.75, 3.05) is 12.4 Å². The van der Waals surface area contributed by atoms with E-state index in [1.165, 1.54) is 11.8 Å². The van der Waals surface area contributed by atoms with Gasteiger partial charge in [-0.15, -0.1) is 11.8 Å². The van der Waals surface area contributed by atoms with Crippen molar-refractivity contribution in [3.05, 3.63) is 60.6 Å². The van der Waals surface area contributed by atoms with Crippen LogP contribution < -0.4 is 4.74 Å². The van der Waals surface area contributed by atoms with Crippen molar-refractivity contribution in [2.45, 2.75) is 11.9 Å². The molecule has 0 saturated carbocycles. The number of aryl methyl sites for hydroxylation is 1. The molecule has 0 unspecified atom stereocenters. The number of hydrogen-bond donors (Lipinski definition) is 1. The lowest BCUT2D eigenvalue weighted by Crippen LogP contribution is -1.93. The summed E-state index contributed by atoms with van der Waals surface area (Å²) in [6.45, 7) is 2.12. The van der Waals surface area contributed by atoms with Crippen LogP contribution in [0.1, 0.15) is 5.56 Å². The van der Waals surface area contributed by atoms with Gasteiger partial charge in [-0.2, -0.15) is 0 Å². The van der Waals surface area contributed by atoms with Gasteiger partial charge in [0.05, 0.1) is 24.7 Å². The number of pyridine rings is 1. The van der Waals surface area contributed by atoms with E-state index in [4.69, 9.17) is 9.84 Å². The summed E-state index contributed by atoms with van der Waals surface area (Å²) < 4.78 is 5.74. The molecule has 1 aromatic carbocycles. The molecule has 5 nitrogen and oxygen atoms in total. The van der Waals surface area contributed by atoms with Gasteiger partial charge in [-0.05, 0) is 42.8 Å². The second kappa shape index (κ2) is 7.90. The molecular weight excluding hydrogens is 322 g/mol. The molecule has 122 valence electrons. The highest BCUT2D eigenvalue weighted by atomic mass is 32.2. The number of benzene rings is 1. The summed E-state index contributed by atoms with van der Waals surface area (Å²) in [5, 5.41) is 9.59. The largest absolute Gasteiger partial charge is 0.437 e. The maximum atomic E-state index is 8.86. The molecular formula is C18H17N3O2S. The van der Waals surface area contributed by atoms with Gasteiger partial charge in [0.2, 0.25) is 5.88 Å². The van der Waals surface area contributed by atoms with E-state index in [0.29, 0.717) is 17.4 Å². The van der Waals surface area contributed by atoms with Crippen LogP contribution in [0.5, 0.6) is 11.6 Å². The fourth-order valence-corrected chi connectivity index (χ4v) is 2.64. The summed E-state index contributed by atoms with van der Waals surface area (Å²) in [5.74, 6) is 1.69. The minimum atomic E-state index is 0.103. The Hall–Kier alpha value is -2.44. The number of rotatable bonds is 6. The third-order valence-corrected chi connectivity index (χ3v) is 4.09. The molecule has 2 heterocycles. The fraction of sp³-hybridized carbons (Fsp3) is 0.167. The normalized spacial score (nSPS) is 10.6. The smallest absolute Gasteiger partial charge is 0.238 e. The van der Waals surface area contributed by atoms with Crippen molar-refractivity contribution in [3.63, 3.8) is 0 Å². The van der Waals surface area contributed by atoms with Crippen LogP contribution in [-0.2, 0) is 0 Å². The monoisotopic (exact) mass is 339 g/mol. The predicted octanol–water partition coefficient (Wildman–Crippen LogP) is 3.72. The van der Waals surface area contributed by atoms with Crippen molar-refractivity contribution in [1.29, 1.82) is 0 Å². The minimum Gasteiger partial charge on any atom is -0.437 e. The molecule has 0 saturated heterocycles. The second-order valence-electron chi connectivity index (χ2n) is 5.11. The molecule has 0 aliphatic heterocycles. The molecule has 3 aromatic rings. The van der Waals surface area contributed by atoms with Crippen molar-refractivity contribution >= 4 is 11.8 Å². The number of aliphatic hydroxyl groups is 1. The maximum Gasteiger partial charge on any atom is 0.238 e. The van der Waals surface area contributed by atoms with Crippen LogP contribution in [0.2, 0.25) is 0 Å². The van der Waals surface area contributed by atoms with E-state index in [9.17, 15) is 0 Å². The van der Waals surface area contributed by atoms with Crippen LogP contribution in [0.25, 0.3) is 11.3 Å². The average molecular weight is 339 g/mol. The lowest BCUT2D eigenvalue weighted by atomic mass is 10.1. The predicted molar refractivity (Wildman–Crippen MR) is 94.3 cm³/mol. The summed E-state index contributed by atoms with van der Waals surface area (Å²) in [4.78, 5) is 12.9. The van der Waals surface area contributed by atoms with Crippen molar-refractivity contribution in [1.82, 2.24) is 15.0 Å². The van der Waals surface area contributed by atoms with Gasteiger partial charge >= 0.3 is 0 Å². The van der Waals surface area contributed by atoms with Crippen LogP contribution in [0.15, 0.2) is 60.0 Å². The highest BCUT2D eigenvalue weighted by Gasteiger charge is 2.04. The van der Waals surface area contributed by atoms with Gasteiger partial charge < -0.3 is 9.84 Å². The summed E-state index contributed by atoms with van der Waals surface area (Å²) in [6, 6.07) is 11.7. The van der Waals surface area contributed by atoms with Gasteiger partial charge in [-0.3, -0.25) is 9.97 Å². The molecule has 0 bridgehead atoms. The Kier molecular flexibility index (Phi) is 5.40. The van der Waals surface area contributed by atoms with E-state index in [2.05, 4.69) is 15.0 Å². The SMILES string of the molecule is Cc1ccc(-c2ccc(Oc3cncc(SCCO)n3)cc2)nc1. The topological polar surface area (TPSA) is 68.1 Å². The average Bonchev–Trinajstić information content (AvgIpc) is 2.62. The number of ether oxygens (including phenoxy) is 1. The van der Waals surface area contributed by atoms with Gasteiger partial charge in [-0.25, -0.2) is 4.98 Å². The zero-order valence-corrected chi connectivity index (χ0v) is 14.0. The van der Waals surface area contributed by atoms with Gasteiger partial charge in [-0.1, -0.05) is 6.07 Å². The number of thioether (sulfide) groups is 1. The van der Waals surface area contributed by atoms with E-state index >= 15 is 0 Å². The second-order valence-corrected chi connectivity index (χ2v) is 6.23. The molecule has 0 fully saturated rings. The Labute approximate surface area is 144 Å². The molecule has 0 spiro atoms. The van der Waals surface area contributed by atoms with E-state index < -0.39 is 0 Å². The van der Waals surface area contributed by atoms with Crippen LogP contribution in [0, 0.1) is 6.92 Å². The molecule has 0 radical (unpaired) electrons. The first kappa shape index (κ1) is 16.4. The first-order valence-corrected chi connectivity index (χ1v) is 8.50. The summed E-state index contributed by atoms with van der Waals surface area (Å²) >= 11 is 1.43. The molecule has 0 amide bonds. The van der Waals surface area contributed by atoms with E-state index in [-0.39, 0.29) is 6.61 Å². The number of aromatic nitrogens is 3. The Morgan fingerprint density at radius 1 is 1.04 bits per heavy atom. The molecule has 0 atom stereocenters. The van der Waals surface area contributed by atoms with Crippen LogP contribution in [0.3, 0.4) is 0 Å². The lowest BCUT2D eigenvalue weighted by molar-refractivity contribution is 0.322. The summed E-state index contributed by atoms with van der Waals surface area (Å²) in [6.07, 6.45) is 5.07. The molecule has 24 heavy (non-hydrogen) atoms. The summed E-state index contributed by atoms with van der Waals surface area (Å²) in [7, 11) is 0. The van der Waals surface area contributed by atoms with Gasteiger partial charge in [0.1, 0.15) is 10.8 Å². The van der Waals surface area contributed by atoms with Crippen LogP contribution in [0.4, 0.5) is 0 Å². The standard InChI is InChI=1S/C18H17N3O2S/c1-13-2-7-16(20-10-13)14-3-5-15(6-4-14)23-17-11-19-12-18(21-17)24-9-8-22/h2-7,10-12,22H,8-9H2,1H3. The molecule has 0 aliphatic carbocycles. The third kappa shape index (κ3) is 4.31. The number of hydrogen-bond acceptors (Lipinski definition) is 6. The van der Waals surface area contributed by atoms with E-state index in [0.717, 1.165) is 21.8 Å². The number of nitrogens with zero attached hydrogens (tertiary/aromatic N) is 3. The highest BCUT2D eigenvalue weighted by molar-refractivity contribution is 7.99. The molecule has 6 heteroatoms. The van der Waals surface area contributed by atoms with Gasteiger partial charge in [0.25, 0.3) is 0 Å². The third-order valence-electron chi connectivity index (χ3n) is 3.22. The first-order chi connectivity index (χ1) is 11.7. The Morgan fingerprint density at radius 3 is 2.58 bits per heavy atom. The molecule has 2 aromatic heterocycles.